The molecule has 130 valence electrons. The van der Waals surface area contributed by atoms with Gasteiger partial charge >= 0.3 is 0 Å². The number of hydrogen-bond donors (Lipinski definition) is 2. The molecule has 1 aliphatic carbocycles. The Labute approximate surface area is 141 Å². The molecular weight excluding hydrogens is 309 g/mol. The van der Waals surface area contributed by atoms with Crippen molar-refractivity contribution in [2.24, 2.45) is 0 Å². The average Bonchev–Trinajstić information content (AvgIpc) is 3.10. The highest BCUT2D eigenvalue weighted by atomic mass is 19.1. The van der Waals surface area contributed by atoms with Gasteiger partial charge in [-0.15, -0.1) is 0 Å². The van der Waals surface area contributed by atoms with E-state index in [1.807, 2.05) is 6.92 Å². The zero-order chi connectivity index (χ0) is 16.9. The molecule has 1 aromatic carbocycles. The fourth-order valence-electron chi connectivity index (χ4n) is 3.20. The van der Waals surface area contributed by atoms with Gasteiger partial charge in [0, 0.05) is 24.9 Å². The Kier molecular flexibility index (Phi) is 5.58. The molecule has 2 aromatic rings. The van der Waals surface area contributed by atoms with Gasteiger partial charge in [0.15, 0.2) is 5.82 Å². The van der Waals surface area contributed by atoms with Crippen LogP contribution in [0, 0.1) is 5.82 Å². The van der Waals surface area contributed by atoms with E-state index >= 15 is 0 Å². The molecule has 1 heterocycles. The second kappa shape index (κ2) is 7.85. The summed E-state index contributed by atoms with van der Waals surface area (Å²) in [6.45, 7) is 2.49. The number of aliphatic hydroxyl groups is 1. The molecule has 0 radical (unpaired) electrons. The van der Waals surface area contributed by atoms with Gasteiger partial charge in [0.2, 0.25) is 5.89 Å². The second-order valence-corrected chi connectivity index (χ2v) is 6.43. The summed E-state index contributed by atoms with van der Waals surface area (Å²) in [7, 11) is 0. The van der Waals surface area contributed by atoms with Gasteiger partial charge < -0.3 is 14.9 Å². The second-order valence-electron chi connectivity index (χ2n) is 6.43. The molecule has 0 amide bonds. The number of aromatic nitrogens is 2. The standard InChI is InChI=1S/C18H24FN3O2/c1-2-17-21-18(24-22-17)13-5-9-15(10-6-13)20-11-16(23)12-3-7-14(19)8-4-12/h3-4,7-8,13,15-16,20,23H,2,5-6,9-11H2,1H3. The lowest BCUT2D eigenvalue weighted by molar-refractivity contribution is 0.163. The summed E-state index contributed by atoms with van der Waals surface area (Å²) >= 11 is 0. The van der Waals surface area contributed by atoms with Crippen LogP contribution in [0.2, 0.25) is 0 Å². The minimum Gasteiger partial charge on any atom is -0.387 e. The largest absolute Gasteiger partial charge is 0.387 e. The van der Waals surface area contributed by atoms with E-state index in [9.17, 15) is 9.50 Å². The summed E-state index contributed by atoms with van der Waals surface area (Å²) in [5.74, 6) is 1.59. The summed E-state index contributed by atoms with van der Waals surface area (Å²) in [6.07, 6.45) is 4.23. The lowest BCUT2D eigenvalue weighted by Gasteiger charge is -2.28. The summed E-state index contributed by atoms with van der Waals surface area (Å²) in [5.41, 5.74) is 0.732. The molecule has 5 nitrogen and oxygen atoms in total. The summed E-state index contributed by atoms with van der Waals surface area (Å²) in [5, 5.41) is 17.6. The SMILES string of the molecule is CCc1noc(C2CCC(NCC(O)c3ccc(F)cc3)CC2)n1. The van der Waals surface area contributed by atoms with Crippen molar-refractivity contribution in [3.63, 3.8) is 0 Å². The van der Waals surface area contributed by atoms with Gasteiger partial charge in [-0.2, -0.15) is 4.98 Å². The number of aryl methyl sites for hydroxylation is 1. The number of hydrogen-bond acceptors (Lipinski definition) is 5. The fourth-order valence-corrected chi connectivity index (χ4v) is 3.20. The maximum atomic E-state index is 12.9. The van der Waals surface area contributed by atoms with Crippen molar-refractivity contribution in [2.75, 3.05) is 6.54 Å². The Morgan fingerprint density at radius 2 is 1.96 bits per heavy atom. The molecule has 1 fully saturated rings. The minimum atomic E-state index is -0.619. The average molecular weight is 333 g/mol. The number of nitrogens with one attached hydrogen (secondary N) is 1. The first kappa shape index (κ1) is 17.0. The van der Waals surface area contributed by atoms with Crippen LogP contribution in [0.1, 0.15) is 61.9 Å². The van der Waals surface area contributed by atoms with Crippen molar-refractivity contribution in [2.45, 2.75) is 57.1 Å². The molecule has 1 unspecified atom stereocenters. The molecular formula is C18H24FN3O2. The smallest absolute Gasteiger partial charge is 0.229 e. The third kappa shape index (κ3) is 4.19. The van der Waals surface area contributed by atoms with E-state index < -0.39 is 6.10 Å². The van der Waals surface area contributed by atoms with E-state index in [0.717, 1.165) is 49.4 Å². The first-order valence-corrected chi connectivity index (χ1v) is 8.65. The normalized spacial score (nSPS) is 22.5. The molecule has 0 aliphatic heterocycles. The zero-order valence-electron chi connectivity index (χ0n) is 13.9. The topological polar surface area (TPSA) is 71.2 Å². The minimum absolute atomic E-state index is 0.288. The van der Waals surface area contributed by atoms with Gasteiger partial charge in [0.1, 0.15) is 5.82 Å². The van der Waals surface area contributed by atoms with Crippen LogP contribution in [0.3, 0.4) is 0 Å². The number of rotatable bonds is 6. The van der Waals surface area contributed by atoms with Crippen LogP contribution in [0.5, 0.6) is 0 Å². The van der Waals surface area contributed by atoms with Gasteiger partial charge in [0.05, 0.1) is 6.10 Å². The first-order valence-electron chi connectivity index (χ1n) is 8.65. The quantitative estimate of drug-likeness (QED) is 0.850. The lowest BCUT2D eigenvalue weighted by atomic mass is 9.86. The van der Waals surface area contributed by atoms with Crippen LogP contribution in [-0.4, -0.2) is 27.8 Å². The van der Waals surface area contributed by atoms with E-state index in [-0.39, 0.29) is 5.82 Å². The molecule has 2 N–H and O–H groups in total. The van der Waals surface area contributed by atoms with E-state index in [1.165, 1.54) is 12.1 Å². The third-order valence-corrected chi connectivity index (χ3v) is 4.73. The monoisotopic (exact) mass is 333 g/mol. The first-order chi connectivity index (χ1) is 11.7. The Bertz CT molecular complexity index is 636. The zero-order valence-corrected chi connectivity index (χ0v) is 13.9. The van der Waals surface area contributed by atoms with E-state index in [1.54, 1.807) is 12.1 Å². The fraction of sp³-hybridized carbons (Fsp3) is 0.556. The third-order valence-electron chi connectivity index (χ3n) is 4.73. The highest BCUT2D eigenvalue weighted by Crippen LogP contribution is 2.32. The molecule has 0 bridgehead atoms. The van der Waals surface area contributed by atoms with Crippen LogP contribution in [-0.2, 0) is 6.42 Å². The van der Waals surface area contributed by atoms with Crippen LogP contribution in [0.15, 0.2) is 28.8 Å². The van der Waals surface area contributed by atoms with Gasteiger partial charge in [-0.3, -0.25) is 0 Å². The Balaban J connectivity index is 1.44. The maximum Gasteiger partial charge on any atom is 0.229 e. The number of halogens is 1. The molecule has 1 aliphatic rings. The number of benzene rings is 1. The van der Waals surface area contributed by atoms with Crippen molar-refractivity contribution < 1.29 is 14.0 Å². The van der Waals surface area contributed by atoms with E-state index in [2.05, 4.69) is 15.5 Å². The molecule has 24 heavy (non-hydrogen) atoms. The maximum absolute atomic E-state index is 12.9. The number of nitrogens with zero attached hydrogens (tertiary/aromatic N) is 2. The predicted octanol–water partition coefficient (Wildman–Crippen LogP) is 3.12. The Morgan fingerprint density at radius 3 is 2.58 bits per heavy atom. The van der Waals surface area contributed by atoms with E-state index in [4.69, 9.17) is 4.52 Å². The van der Waals surface area contributed by atoms with Gasteiger partial charge in [-0.1, -0.05) is 24.2 Å². The van der Waals surface area contributed by atoms with Crippen LogP contribution in [0.25, 0.3) is 0 Å². The molecule has 6 heteroatoms. The molecule has 1 atom stereocenters. The van der Waals surface area contributed by atoms with Crippen LogP contribution in [0.4, 0.5) is 4.39 Å². The van der Waals surface area contributed by atoms with Crippen molar-refractivity contribution in [3.8, 4) is 0 Å². The Morgan fingerprint density at radius 1 is 1.25 bits per heavy atom. The van der Waals surface area contributed by atoms with Gasteiger partial charge in [-0.25, -0.2) is 4.39 Å². The van der Waals surface area contributed by atoms with Crippen molar-refractivity contribution in [1.29, 1.82) is 0 Å². The van der Waals surface area contributed by atoms with Crippen LogP contribution < -0.4 is 5.32 Å². The van der Waals surface area contributed by atoms with Gasteiger partial charge in [-0.05, 0) is 43.4 Å². The summed E-state index contributed by atoms with van der Waals surface area (Å²) in [4.78, 5) is 4.43. The van der Waals surface area contributed by atoms with Crippen molar-refractivity contribution in [1.82, 2.24) is 15.5 Å². The van der Waals surface area contributed by atoms with Crippen molar-refractivity contribution >= 4 is 0 Å². The molecule has 3 rings (SSSR count). The number of aliphatic hydroxyl groups excluding tert-OH is 1. The molecule has 0 spiro atoms. The molecule has 1 saturated carbocycles. The summed E-state index contributed by atoms with van der Waals surface area (Å²) in [6, 6.07) is 6.38. The lowest BCUT2D eigenvalue weighted by Crippen LogP contribution is -2.35. The highest BCUT2D eigenvalue weighted by Gasteiger charge is 2.26. The molecule has 0 saturated heterocycles. The summed E-state index contributed by atoms with van der Waals surface area (Å²) < 4.78 is 18.3. The Hall–Kier alpha value is -1.79. The van der Waals surface area contributed by atoms with Gasteiger partial charge in [0.25, 0.3) is 0 Å². The van der Waals surface area contributed by atoms with E-state index in [0.29, 0.717) is 18.5 Å². The highest BCUT2D eigenvalue weighted by molar-refractivity contribution is 5.18. The predicted molar refractivity (Wildman–Crippen MR) is 88.0 cm³/mol. The van der Waals surface area contributed by atoms with Crippen LogP contribution >= 0.6 is 0 Å². The van der Waals surface area contributed by atoms with Crippen molar-refractivity contribution in [3.05, 3.63) is 47.4 Å². The molecule has 1 aromatic heterocycles.